The smallest absolute Gasteiger partial charge is 0.281 e. The number of furan rings is 1. The van der Waals surface area contributed by atoms with E-state index < -0.39 is 0 Å². The van der Waals surface area contributed by atoms with E-state index >= 15 is 0 Å². The minimum absolute atomic E-state index is 0.267. The third-order valence-corrected chi connectivity index (χ3v) is 5.43. The van der Waals surface area contributed by atoms with Crippen molar-refractivity contribution in [3.05, 3.63) is 76.1 Å². The largest absolute Gasteiger partial charge is 0.494 e. The van der Waals surface area contributed by atoms with E-state index in [1.807, 2.05) is 13.0 Å². The average molecular weight is 459 g/mol. The number of anilines is 1. The molecule has 4 rings (SSSR count). The van der Waals surface area contributed by atoms with Crippen LogP contribution in [0, 0.1) is 0 Å². The van der Waals surface area contributed by atoms with Crippen LogP contribution in [0.3, 0.4) is 0 Å². The van der Waals surface area contributed by atoms with Gasteiger partial charge in [-0.1, -0.05) is 23.2 Å². The maximum Gasteiger partial charge on any atom is 0.281 e. The Balaban J connectivity index is 1.56. The van der Waals surface area contributed by atoms with Gasteiger partial charge in [0, 0.05) is 11.6 Å². The number of nitrogens with one attached hydrogen (secondary N) is 1. The molecule has 8 heteroatoms. The Morgan fingerprint density at radius 1 is 1.10 bits per heavy atom. The highest BCUT2D eigenvalue weighted by Crippen LogP contribution is 2.30. The second kappa shape index (κ2) is 8.52. The van der Waals surface area contributed by atoms with Gasteiger partial charge in [0.2, 0.25) is 0 Å². The van der Waals surface area contributed by atoms with E-state index in [1.54, 1.807) is 54.6 Å². The van der Waals surface area contributed by atoms with Crippen LogP contribution in [-0.2, 0) is 4.79 Å². The lowest BCUT2D eigenvalue weighted by Crippen LogP contribution is -2.30. The first kappa shape index (κ1) is 20.5. The molecule has 30 heavy (non-hydrogen) atoms. The third kappa shape index (κ3) is 4.07. The zero-order valence-corrected chi connectivity index (χ0v) is 18.1. The molecule has 1 amide bonds. The third-order valence-electron chi connectivity index (χ3n) is 4.40. The lowest BCUT2D eigenvalue weighted by atomic mass is 10.2. The van der Waals surface area contributed by atoms with Crippen LogP contribution in [0.2, 0.25) is 10.0 Å². The standard InChI is InChI=1S/C22H16Cl2N2O3S/c1-2-28-15-6-4-14(5-7-15)26-21(27)19(25-22(26)30)12-16-8-10-20(29-16)13-3-9-17(23)18(24)11-13/h3-12H,2H2,1H3,(H,25,30)/b19-12-. The molecule has 5 nitrogen and oxygen atoms in total. The average Bonchev–Trinajstić information content (AvgIpc) is 3.30. The summed E-state index contributed by atoms with van der Waals surface area (Å²) in [5.74, 6) is 1.57. The maximum absolute atomic E-state index is 12.9. The molecule has 3 aromatic rings. The number of ether oxygens (including phenoxy) is 1. The van der Waals surface area contributed by atoms with E-state index in [2.05, 4.69) is 5.32 Å². The van der Waals surface area contributed by atoms with Gasteiger partial charge in [-0.15, -0.1) is 0 Å². The van der Waals surface area contributed by atoms with Gasteiger partial charge in [0.1, 0.15) is 23.0 Å². The molecular weight excluding hydrogens is 443 g/mol. The van der Waals surface area contributed by atoms with Crippen LogP contribution in [0.4, 0.5) is 5.69 Å². The molecule has 1 N–H and O–H groups in total. The molecule has 0 bridgehead atoms. The summed E-state index contributed by atoms with van der Waals surface area (Å²) in [5, 5.41) is 4.15. The molecule has 1 aliphatic heterocycles. The maximum atomic E-state index is 12.9. The highest BCUT2D eigenvalue weighted by atomic mass is 35.5. The second-order valence-corrected chi connectivity index (χ2v) is 7.59. The predicted octanol–water partition coefficient (Wildman–Crippen LogP) is 5.91. The second-order valence-electron chi connectivity index (χ2n) is 6.39. The van der Waals surface area contributed by atoms with Crippen molar-refractivity contribution in [2.75, 3.05) is 11.5 Å². The molecule has 1 fully saturated rings. The van der Waals surface area contributed by atoms with Gasteiger partial charge in [-0.3, -0.25) is 9.69 Å². The number of carbonyl (C=O) groups is 1. The number of halogens is 2. The monoisotopic (exact) mass is 458 g/mol. The van der Waals surface area contributed by atoms with Gasteiger partial charge in [-0.25, -0.2) is 0 Å². The Hall–Kier alpha value is -2.80. The molecule has 0 unspecified atom stereocenters. The Morgan fingerprint density at radius 2 is 1.87 bits per heavy atom. The van der Waals surface area contributed by atoms with E-state index in [9.17, 15) is 4.79 Å². The summed E-state index contributed by atoms with van der Waals surface area (Å²) in [7, 11) is 0. The summed E-state index contributed by atoms with van der Waals surface area (Å²) in [4.78, 5) is 14.3. The van der Waals surface area contributed by atoms with Crippen LogP contribution in [0.15, 0.2) is 64.7 Å². The van der Waals surface area contributed by atoms with Crippen LogP contribution in [0.25, 0.3) is 17.4 Å². The topological polar surface area (TPSA) is 54.7 Å². The van der Waals surface area contributed by atoms with Gasteiger partial charge >= 0.3 is 0 Å². The van der Waals surface area contributed by atoms with Crippen molar-refractivity contribution in [1.29, 1.82) is 0 Å². The van der Waals surface area contributed by atoms with Gasteiger partial charge in [-0.05, 0) is 73.7 Å². The molecule has 152 valence electrons. The van der Waals surface area contributed by atoms with Crippen molar-refractivity contribution < 1.29 is 13.9 Å². The Kier molecular flexibility index (Phi) is 5.81. The van der Waals surface area contributed by atoms with Gasteiger partial charge in [0.25, 0.3) is 5.91 Å². The summed E-state index contributed by atoms with van der Waals surface area (Å²) in [6.45, 7) is 2.48. The number of hydrogen-bond donors (Lipinski definition) is 1. The number of nitrogens with zero attached hydrogens (tertiary/aromatic N) is 1. The minimum Gasteiger partial charge on any atom is -0.494 e. The molecule has 1 aromatic heterocycles. The molecule has 0 aliphatic carbocycles. The SMILES string of the molecule is CCOc1ccc(N2C(=O)/C(=C/c3ccc(-c4ccc(Cl)c(Cl)c4)o3)NC2=S)cc1. The van der Waals surface area contributed by atoms with Crippen LogP contribution >= 0.6 is 35.4 Å². The molecule has 0 radical (unpaired) electrons. The first-order valence-corrected chi connectivity index (χ1v) is 10.3. The van der Waals surface area contributed by atoms with Crippen molar-refractivity contribution in [2.24, 2.45) is 0 Å². The Labute approximate surface area is 188 Å². The van der Waals surface area contributed by atoms with E-state index in [-0.39, 0.29) is 5.91 Å². The van der Waals surface area contributed by atoms with E-state index in [0.717, 1.165) is 11.3 Å². The zero-order chi connectivity index (χ0) is 21.3. The van der Waals surface area contributed by atoms with E-state index in [4.69, 9.17) is 44.6 Å². The fourth-order valence-electron chi connectivity index (χ4n) is 3.00. The highest BCUT2D eigenvalue weighted by molar-refractivity contribution is 7.80. The quantitative estimate of drug-likeness (QED) is 0.380. The lowest BCUT2D eigenvalue weighted by Gasteiger charge is -2.14. The molecule has 0 atom stereocenters. The summed E-state index contributed by atoms with van der Waals surface area (Å²) in [5.41, 5.74) is 1.76. The van der Waals surface area contributed by atoms with E-state index in [0.29, 0.717) is 44.7 Å². The molecule has 2 aromatic carbocycles. The van der Waals surface area contributed by atoms with Crippen LogP contribution in [0.1, 0.15) is 12.7 Å². The molecule has 0 saturated carbocycles. The molecule has 0 spiro atoms. The van der Waals surface area contributed by atoms with E-state index in [1.165, 1.54) is 4.90 Å². The number of carbonyl (C=O) groups excluding carboxylic acids is 1. The first-order chi connectivity index (χ1) is 14.5. The molecule has 1 aliphatic rings. The van der Waals surface area contributed by atoms with Crippen LogP contribution in [-0.4, -0.2) is 17.6 Å². The van der Waals surface area contributed by atoms with Crippen molar-refractivity contribution in [1.82, 2.24) is 5.32 Å². The van der Waals surface area contributed by atoms with Gasteiger partial charge in [0.15, 0.2) is 5.11 Å². The van der Waals surface area contributed by atoms with Crippen molar-refractivity contribution in [3.8, 4) is 17.1 Å². The zero-order valence-electron chi connectivity index (χ0n) is 15.8. The molecule has 2 heterocycles. The van der Waals surface area contributed by atoms with Gasteiger partial charge in [-0.2, -0.15) is 0 Å². The Bertz CT molecular complexity index is 1160. The number of hydrogen-bond acceptors (Lipinski definition) is 4. The number of amides is 1. The van der Waals surface area contributed by atoms with Crippen LogP contribution < -0.4 is 15.0 Å². The fourth-order valence-corrected chi connectivity index (χ4v) is 3.60. The summed E-state index contributed by atoms with van der Waals surface area (Å²) in [6.07, 6.45) is 1.62. The van der Waals surface area contributed by atoms with Crippen molar-refractivity contribution in [2.45, 2.75) is 6.92 Å². The lowest BCUT2D eigenvalue weighted by molar-refractivity contribution is -0.113. The van der Waals surface area contributed by atoms with Crippen molar-refractivity contribution >= 4 is 58.2 Å². The summed E-state index contributed by atoms with van der Waals surface area (Å²) in [6, 6.07) is 16.0. The van der Waals surface area contributed by atoms with Gasteiger partial charge < -0.3 is 14.5 Å². The van der Waals surface area contributed by atoms with Gasteiger partial charge in [0.05, 0.1) is 22.3 Å². The molecular formula is C22H16Cl2N2O3S. The minimum atomic E-state index is -0.267. The number of thiocarbonyl (C=S) groups is 1. The normalized spacial score (nSPS) is 15.0. The summed E-state index contributed by atoms with van der Waals surface area (Å²) < 4.78 is 11.3. The Morgan fingerprint density at radius 3 is 2.57 bits per heavy atom. The number of benzene rings is 2. The summed E-state index contributed by atoms with van der Waals surface area (Å²) >= 11 is 17.4. The van der Waals surface area contributed by atoms with Crippen LogP contribution in [0.5, 0.6) is 5.75 Å². The predicted molar refractivity (Wildman–Crippen MR) is 123 cm³/mol. The molecule has 1 saturated heterocycles. The first-order valence-electron chi connectivity index (χ1n) is 9.11. The van der Waals surface area contributed by atoms with Crippen molar-refractivity contribution in [3.63, 3.8) is 0 Å². The fraction of sp³-hybridized carbons (Fsp3) is 0.0909. The highest BCUT2D eigenvalue weighted by Gasteiger charge is 2.32. The number of rotatable bonds is 5.